The van der Waals surface area contributed by atoms with Gasteiger partial charge in [-0.1, -0.05) is 24.1 Å². The normalized spacial score (nSPS) is 31.8. The standard InChI is InChI=1S/C19H24O/c1-12-13-5-6-16-15(14(13)7-8-18(12)20)9-11-19(2)10-3-4-17(16)19/h7-8,15,20H,3-6,9-11H2,1-2H3. The summed E-state index contributed by atoms with van der Waals surface area (Å²) in [6.45, 7) is 4.57. The van der Waals surface area contributed by atoms with Crippen molar-refractivity contribution in [3.05, 3.63) is 40.0 Å². The highest BCUT2D eigenvalue weighted by Crippen LogP contribution is 2.57. The second-order valence-corrected chi connectivity index (χ2v) is 7.29. The largest absolute Gasteiger partial charge is 0.508 e. The van der Waals surface area contributed by atoms with Gasteiger partial charge >= 0.3 is 0 Å². The Morgan fingerprint density at radius 3 is 2.85 bits per heavy atom. The number of hydrogen-bond donors (Lipinski definition) is 1. The molecule has 0 saturated heterocycles. The Bertz CT molecular complexity index is 610. The SMILES string of the molecule is Cc1c(O)ccc2c1CCC1=C3CCCC3(C)CCC12. The Hall–Kier alpha value is -1.24. The number of rotatable bonds is 0. The van der Waals surface area contributed by atoms with Crippen molar-refractivity contribution in [3.63, 3.8) is 0 Å². The highest BCUT2D eigenvalue weighted by Gasteiger charge is 2.42. The number of benzene rings is 1. The summed E-state index contributed by atoms with van der Waals surface area (Å²) in [5.41, 5.74) is 8.17. The second-order valence-electron chi connectivity index (χ2n) is 7.29. The summed E-state index contributed by atoms with van der Waals surface area (Å²) in [5, 5.41) is 9.95. The minimum absolute atomic E-state index is 0.473. The second kappa shape index (κ2) is 4.13. The van der Waals surface area contributed by atoms with Crippen LogP contribution in [0.3, 0.4) is 0 Å². The van der Waals surface area contributed by atoms with Crippen molar-refractivity contribution in [2.75, 3.05) is 0 Å². The molecule has 0 aliphatic heterocycles. The van der Waals surface area contributed by atoms with Gasteiger partial charge in [-0.05, 0) is 80.0 Å². The molecule has 1 heteroatoms. The molecule has 0 bridgehead atoms. The average molecular weight is 268 g/mol. The van der Waals surface area contributed by atoms with E-state index in [1.54, 1.807) is 5.57 Å². The predicted molar refractivity (Wildman–Crippen MR) is 82.1 cm³/mol. The lowest BCUT2D eigenvalue weighted by Crippen LogP contribution is -2.27. The summed E-state index contributed by atoms with van der Waals surface area (Å²) < 4.78 is 0. The number of phenols is 1. The quantitative estimate of drug-likeness (QED) is 0.656. The molecule has 0 heterocycles. The molecule has 0 amide bonds. The zero-order valence-corrected chi connectivity index (χ0v) is 12.6. The minimum Gasteiger partial charge on any atom is -0.508 e. The Kier molecular flexibility index (Phi) is 2.58. The zero-order chi connectivity index (χ0) is 13.9. The van der Waals surface area contributed by atoms with E-state index in [0.717, 1.165) is 12.0 Å². The fraction of sp³-hybridized carbons (Fsp3) is 0.579. The molecular weight excluding hydrogens is 244 g/mol. The number of aromatic hydroxyl groups is 1. The van der Waals surface area contributed by atoms with Crippen LogP contribution in [-0.2, 0) is 6.42 Å². The van der Waals surface area contributed by atoms with E-state index in [0.29, 0.717) is 17.1 Å². The molecule has 0 spiro atoms. The Balaban J connectivity index is 1.86. The van der Waals surface area contributed by atoms with Crippen molar-refractivity contribution in [2.45, 2.75) is 64.7 Å². The van der Waals surface area contributed by atoms with Crippen LogP contribution in [0.5, 0.6) is 5.75 Å². The van der Waals surface area contributed by atoms with Crippen LogP contribution in [-0.4, -0.2) is 5.11 Å². The first kappa shape index (κ1) is 12.5. The lowest BCUT2D eigenvalue weighted by atomic mass is 9.63. The van der Waals surface area contributed by atoms with Gasteiger partial charge in [0.1, 0.15) is 5.75 Å². The molecule has 3 aliphatic rings. The monoisotopic (exact) mass is 268 g/mol. The number of fused-ring (bicyclic) bond motifs is 4. The topological polar surface area (TPSA) is 20.2 Å². The van der Waals surface area contributed by atoms with E-state index in [-0.39, 0.29) is 0 Å². The van der Waals surface area contributed by atoms with Crippen LogP contribution in [0, 0.1) is 12.3 Å². The van der Waals surface area contributed by atoms with E-state index in [4.69, 9.17) is 0 Å². The smallest absolute Gasteiger partial charge is 0.118 e. The van der Waals surface area contributed by atoms with Crippen molar-refractivity contribution in [1.82, 2.24) is 0 Å². The van der Waals surface area contributed by atoms with Crippen LogP contribution in [0.1, 0.15) is 68.1 Å². The number of phenolic OH excluding ortho intramolecular Hbond substituents is 1. The van der Waals surface area contributed by atoms with Crippen molar-refractivity contribution in [2.24, 2.45) is 5.41 Å². The minimum atomic E-state index is 0.473. The maximum absolute atomic E-state index is 9.95. The van der Waals surface area contributed by atoms with E-state index < -0.39 is 0 Å². The molecule has 1 N–H and O–H groups in total. The highest BCUT2D eigenvalue weighted by molar-refractivity contribution is 5.52. The van der Waals surface area contributed by atoms with Gasteiger partial charge in [0.25, 0.3) is 0 Å². The zero-order valence-electron chi connectivity index (χ0n) is 12.6. The molecular formula is C19H24O. The number of allylic oxidation sites excluding steroid dienone is 2. The molecule has 4 rings (SSSR count). The van der Waals surface area contributed by atoms with Gasteiger partial charge in [-0.25, -0.2) is 0 Å². The molecule has 2 unspecified atom stereocenters. The van der Waals surface area contributed by atoms with Gasteiger partial charge in [-0.2, -0.15) is 0 Å². The van der Waals surface area contributed by atoms with Gasteiger partial charge in [-0.15, -0.1) is 0 Å². The van der Waals surface area contributed by atoms with Crippen molar-refractivity contribution < 1.29 is 5.11 Å². The lowest BCUT2D eigenvalue weighted by molar-refractivity contribution is 0.322. The van der Waals surface area contributed by atoms with Gasteiger partial charge < -0.3 is 5.11 Å². The third-order valence-corrected chi connectivity index (χ3v) is 6.30. The molecule has 1 nitrogen and oxygen atoms in total. The highest BCUT2D eigenvalue weighted by atomic mass is 16.3. The van der Waals surface area contributed by atoms with Crippen LogP contribution < -0.4 is 0 Å². The van der Waals surface area contributed by atoms with Crippen molar-refractivity contribution in [1.29, 1.82) is 0 Å². The molecule has 1 saturated carbocycles. The van der Waals surface area contributed by atoms with E-state index in [9.17, 15) is 5.11 Å². The first-order chi connectivity index (χ1) is 9.60. The van der Waals surface area contributed by atoms with E-state index in [1.165, 1.54) is 49.7 Å². The molecule has 1 aromatic rings. The van der Waals surface area contributed by atoms with Crippen molar-refractivity contribution in [3.8, 4) is 5.75 Å². The van der Waals surface area contributed by atoms with Gasteiger partial charge in [-0.3, -0.25) is 0 Å². The molecule has 0 radical (unpaired) electrons. The summed E-state index contributed by atoms with van der Waals surface area (Å²) in [6, 6.07) is 4.10. The van der Waals surface area contributed by atoms with Gasteiger partial charge in [0.15, 0.2) is 0 Å². The van der Waals surface area contributed by atoms with Crippen LogP contribution in [0.15, 0.2) is 23.3 Å². The molecule has 3 aliphatic carbocycles. The molecule has 1 fully saturated rings. The Morgan fingerprint density at radius 2 is 2.00 bits per heavy atom. The van der Waals surface area contributed by atoms with Gasteiger partial charge in [0.2, 0.25) is 0 Å². The summed E-state index contributed by atoms with van der Waals surface area (Å²) in [6.07, 6.45) is 9.16. The molecule has 1 aromatic carbocycles. The maximum atomic E-state index is 9.95. The third-order valence-electron chi connectivity index (χ3n) is 6.30. The van der Waals surface area contributed by atoms with Crippen molar-refractivity contribution >= 4 is 0 Å². The van der Waals surface area contributed by atoms with E-state index >= 15 is 0 Å². The fourth-order valence-electron chi connectivity index (χ4n) is 5.13. The maximum Gasteiger partial charge on any atom is 0.118 e. The summed E-state index contributed by atoms with van der Waals surface area (Å²) in [7, 11) is 0. The molecule has 2 atom stereocenters. The van der Waals surface area contributed by atoms with Crippen LogP contribution in [0.25, 0.3) is 0 Å². The van der Waals surface area contributed by atoms with Crippen LogP contribution >= 0.6 is 0 Å². The summed E-state index contributed by atoms with van der Waals surface area (Å²) in [5.74, 6) is 1.13. The summed E-state index contributed by atoms with van der Waals surface area (Å²) in [4.78, 5) is 0. The van der Waals surface area contributed by atoms with E-state index in [1.807, 2.05) is 11.6 Å². The molecule has 20 heavy (non-hydrogen) atoms. The third kappa shape index (κ3) is 1.55. The Labute approximate surface area is 121 Å². The van der Waals surface area contributed by atoms with E-state index in [2.05, 4.69) is 19.9 Å². The first-order valence-electron chi connectivity index (χ1n) is 8.14. The van der Waals surface area contributed by atoms with Gasteiger partial charge in [0, 0.05) is 5.92 Å². The number of hydrogen-bond acceptors (Lipinski definition) is 1. The fourth-order valence-corrected chi connectivity index (χ4v) is 5.13. The first-order valence-corrected chi connectivity index (χ1v) is 8.14. The van der Waals surface area contributed by atoms with Gasteiger partial charge in [0.05, 0.1) is 0 Å². The predicted octanol–water partition coefficient (Wildman–Crippen LogP) is 5.01. The lowest BCUT2D eigenvalue weighted by Gasteiger charge is -2.41. The Morgan fingerprint density at radius 1 is 1.15 bits per heavy atom. The van der Waals surface area contributed by atoms with Crippen LogP contribution in [0.2, 0.25) is 0 Å². The molecule has 0 aromatic heterocycles. The van der Waals surface area contributed by atoms with Crippen LogP contribution in [0.4, 0.5) is 0 Å². The molecule has 106 valence electrons. The average Bonchev–Trinajstić information content (AvgIpc) is 2.84. The summed E-state index contributed by atoms with van der Waals surface area (Å²) >= 11 is 0.